The molecular formula is C18H14ClNO. The second-order valence-corrected chi connectivity index (χ2v) is 4.83. The molecule has 0 saturated carbocycles. The standard InChI is InChI=1S/C18H14ClNO/c19-13-15-9-6-12-18(20-15)21-17-11-5-4-10-16(17)14-7-2-1-3-8-14/h1-12H,13H2. The lowest BCUT2D eigenvalue weighted by Gasteiger charge is -2.11. The lowest BCUT2D eigenvalue weighted by Crippen LogP contribution is -1.92. The Hall–Kier alpha value is -2.32. The second kappa shape index (κ2) is 6.42. The van der Waals surface area contributed by atoms with Gasteiger partial charge in [0.1, 0.15) is 5.75 Å². The number of nitrogens with zero attached hydrogens (tertiary/aromatic N) is 1. The third-order valence-corrected chi connectivity index (χ3v) is 3.38. The van der Waals surface area contributed by atoms with Crippen LogP contribution in [0.5, 0.6) is 11.6 Å². The van der Waals surface area contributed by atoms with Gasteiger partial charge in [-0.3, -0.25) is 0 Å². The maximum absolute atomic E-state index is 5.94. The smallest absolute Gasteiger partial charge is 0.219 e. The molecule has 0 atom stereocenters. The van der Waals surface area contributed by atoms with Gasteiger partial charge in [0.2, 0.25) is 5.88 Å². The Labute approximate surface area is 129 Å². The highest BCUT2D eigenvalue weighted by molar-refractivity contribution is 6.16. The van der Waals surface area contributed by atoms with Crippen LogP contribution in [-0.4, -0.2) is 4.98 Å². The van der Waals surface area contributed by atoms with Crippen molar-refractivity contribution in [2.24, 2.45) is 0 Å². The zero-order valence-electron chi connectivity index (χ0n) is 11.4. The number of pyridine rings is 1. The Morgan fingerprint density at radius 1 is 0.810 bits per heavy atom. The molecular weight excluding hydrogens is 282 g/mol. The van der Waals surface area contributed by atoms with E-state index in [0.717, 1.165) is 22.6 Å². The molecule has 1 heterocycles. The minimum Gasteiger partial charge on any atom is -0.438 e. The van der Waals surface area contributed by atoms with E-state index in [0.29, 0.717) is 11.8 Å². The molecule has 0 saturated heterocycles. The van der Waals surface area contributed by atoms with E-state index in [1.807, 2.05) is 60.7 Å². The fourth-order valence-corrected chi connectivity index (χ4v) is 2.26. The molecule has 0 radical (unpaired) electrons. The number of para-hydroxylation sites is 1. The molecule has 0 unspecified atom stereocenters. The molecule has 0 N–H and O–H groups in total. The fourth-order valence-electron chi connectivity index (χ4n) is 2.11. The van der Waals surface area contributed by atoms with Gasteiger partial charge in [-0.25, -0.2) is 4.98 Å². The predicted molar refractivity (Wildman–Crippen MR) is 85.7 cm³/mol. The van der Waals surface area contributed by atoms with Crippen molar-refractivity contribution in [2.75, 3.05) is 0 Å². The van der Waals surface area contributed by atoms with E-state index in [-0.39, 0.29) is 0 Å². The van der Waals surface area contributed by atoms with Crippen molar-refractivity contribution in [2.45, 2.75) is 5.88 Å². The molecule has 0 spiro atoms. The number of hydrogen-bond donors (Lipinski definition) is 0. The Kier molecular flexibility index (Phi) is 4.17. The summed E-state index contributed by atoms with van der Waals surface area (Å²) in [6.07, 6.45) is 0. The summed E-state index contributed by atoms with van der Waals surface area (Å²) in [7, 11) is 0. The molecule has 2 nitrogen and oxygen atoms in total. The first-order chi connectivity index (χ1) is 10.4. The van der Waals surface area contributed by atoms with Gasteiger partial charge < -0.3 is 4.74 Å². The summed E-state index contributed by atoms with van der Waals surface area (Å²) >= 11 is 5.81. The Morgan fingerprint density at radius 2 is 1.57 bits per heavy atom. The van der Waals surface area contributed by atoms with Crippen molar-refractivity contribution < 1.29 is 4.74 Å². The van der Waals surface area contributed by atoms with Crippen molar-refractivity contribution in [1.29, 1.82) is 0 Å². The molecule has 2 aromatic carbocycles. The van der Waals surface area contributed by atoms with Crippen LogP contribution in [0.4, 0.5) is 0 Å². The van der Waals surface area contributed by atoms with Gasteiger partial charge in [-0.1, -0.05) is 54.6 Å². The number of rotatable bonds is 4. The molecule has 3 heteroatoms. The van der Waals surface area contributed by atoms with Crippen LogP contribution in [0, 0.1) is 0 Å². The molecule has 21 heavy (non-hydrogen) atoms. The molecule has 0 aliphatic rings. The van der Waals surface area contributed by atoms with Crippen molar-refractivity contribution in [3.8, 4) is 22.8 Å². The molecule has 0 bridgehead atoms. The highest BCUT2D eigenvalue weighted by atomic mass is 35.5. The third kappa shape index (κ3) is 3.23. The number of hydrogen-bond acceptors (Lipinski definition) is 2. The summed E-state index contributed by atoms with van der Waals surface area (Å²) < 4.78 is 5.94. The number of benzene rings is 2. The minimum absolute atomic E-state index is 0.373. The lowest BCUT2D eigenvalue weighted by atomic mass is 10.1. The quantitative estimate of drug-likeness (QED) is 0.611. The first-order valence-electron chi connectivity index (χ1n) is 6.71. The van der Waals surface area contributed by atoms with E-state index in [2.05, 4.69) is 17.1 Å². The predicted octanol–water partition coefficient (Wildman–Crippen LogP) is 5.28. The van der Waals surface area contributed by atoms with Crippen LogP contribution in [0.2, 0.25) is 0 Å². The molecule has 3 rings (SSSR count). The van der Waals surface area contributed by atoms with Crippen LogP contribution >= 0.6 is 11.6 Å². The van der Waals surface area contributed by atoms with Gasteiger partial charge >= 0.3 is 0 Å². The van der Waals surface area contributed by atoms with Crippen LogP contribution in [0.15, 0.2) is 72.8 Å². The van der Waals surface area contributed by atoms with Crippen LogP contribution in [-0.2, 0) is 5.88 Å². The van der Waals surface area contributed by atoms with Gasteiger partial charge in [-0.15, -0.1) is 11.6 Å². The number of alkyl halides is 1. The van der Waals surface area contributed by atoms with E-state index in [1.165, 1.54) is 0 Å². The van der Waals surface area contributed by atoms with Crippen LogP contribution < -0.4 is 4.74 Å². The van der Waals surface area contributed by atoms with Crippen molar-refractivity contribution in [3.63, 3.8) is 0 Å². The van der Waals surface area contributed by atoms with Crippen LogP contribution in [0.3, 0.4) is 0 Å². The summed E-state index contributed by atoms with van der Waals surface area (Å²) in [5.41, 5.74) is 2.95. The molecule has 104 valence electrons. The van der Waals surface area contributed by atoms with Crippen molar-refractivity contribution in [3.05, 3.63) is 78.5 Å². The van der Waals surface area contributed by atoms with E-state index >= 15 is 0 Å². The summed E-state index contributed by atoms with van der Waals surface area (Å²) in [6.45, 7) is 0. The molecule has 3 aromatic rings. The largest absolute Gasteiger partial charge is 0.438 e. The summed E-state index contributed by atoms with van der Waals surface area (Å²) in [6, 6.07) is 23.7. The highest BCUT2D eigenvalue weighted by Crippen LogP contribution is 2.32. The van der Waals surface area contributed by atoms with Gasteiger partial charge in [-0.05, 0) is 17.7 Å². The fraction of sp³-hybridized carbons (Fsp3) is 0.0556. The average Bonchev–Trinajstić information content (AvgIpc) is 2.56. The summed E-state index contributed by atoms with van der Waals surface area (Å²) in [4.78, 5) is 4.37. The van der Waals surface area contributed by atoms with Gasteiger partial charge in [0.05, 0.1) is 11.6 Å². The third-order valence-electron chi connectivity index (χ3n) is 3.10. The Balaban J connectivity index is 1.96. The zero-order valence-corrected chi connectivity index (χ0v) is 12.1. The van der Waals surface area contributed by atoms with E-state index in [4.69, 9.17) is 16.3 Å². The Morgan fingerprint density at radius 3 is 2.38 bits per heavy atom. The zero-order chi connectivity index (χ0) is 14.5. The number of ether oxygens (including phenoxy) is 1. The normalized spacial score (nSPS) is 10.3. The van der Waals surface area contributed by atoms with Gasteiger partial charge in [-0.2, -0.15) is 0 Å². The monoisotopic (exact) mass is 295 g/mol. The van der Waals surface area contributed by atoms with Crippen LogP contribution in [0.1, 0.15) is 5.69 Å². The van der Waals surface area contributed by atoms with Crippen molar-refractivity contribution >= 4 is 11.6 Å². The first kappa shape index (κ1) is 13.7. The first-order valence-corrected chi connectivity index (χ1v) is 7.24. The molecule has 0 aliphatic heterocycles. The summed E-state index contributed by atoms with van der Waals surface area (Å²) in [5, 5.41) is 0. The molecule has 0 aliphatic carbocycles. The Bertz CT molecular complexity index is 728. The van der Waals surface area contributed by atoms with Gasteiger partial charge in [0, 0.05) is 11.6 Å². The second-order valence-electron chi connectivity index (χ2n) is 4.57. The SMILES string of the molecule is ClCc1cccc(Oc2ccccc2-c2ccccc2)n1. The average molecular weight is 296 g/mol. The van der Waals surface area contributed by atoms with E-state index in [1.54, 1.807) is 0 Å². The molecule has 0 amide bonds. The van der Waals surface area contributed by atoms with Gasteiger partial charge in [0.25, 0.3) is 0 Å². The van der Waals surface area contributed by atoms with Gasteiger partial charge in [0.15, 0.2) is 0 Å². The summed E-state index contributed by atoms with van der Waals surface area (Å²) in [5.74, 6) is 1.71. The number of aromatic nitrogens is 1. The minimum atomic E-state index is 0.373. The van der Waals surface area contributed by atoms with E-state index in [9.17, 15) is 0 Å². The number of halogens is 1. The highest BCUT2D eigenvalue weighted by Gasteiger charge is 2.07. The molecule has 1 aromatic heterocycles. The van der Waals surface area contributed by atoms with E-state index < -0.39 is 0 Å². The maximum Gasteiger partial charge on any atom is 0.219 e. The maximum atomic E-state index is 5.94. The topological polar surface area (TPSA) is 22.1 Å². The molecule has 0 fully saturated rings. The lowest BCUT2D eigenvalue weighted by molar-refractivity contribution is 0.463. The van der Waals surface area contributed by atoms with Crippen LogP contribution in [0.25, 0.3) is 11.1 Å². The van der Waals surface area contributed by atoms with Crippen molar-refractivity contribution in [1.82, 2.24) is 4.98 Å².